The summed E-state index contributed by atoms with van der Waals surface area (Å²) in [5.74, 6) is 0.550. The van der Waals surface area contributed by atoms with Crippen molar-refractivity contribution in [1.29, 1.82) is 0 Å². The third kappa shape index (κ3) is 5.35. The SMILES string of the molecule is Cc1cccc(C(C)C)c1NC(=O)CCCCCBr. The predicted octanol–water partition coefficient (Wildman–Crippen LogP) is 5.01. The summed E-state index contributed by atoms with van der Waals surface area (Å²) in [7, 11) is 0. The number of carbonyl (C=O) groups is 1. The molecular formula is C16H24BrNO. The minimum absolute atomic E-state index is 0.130. The number of hydrogen-bond acceptors (Lipinski definition) is 1. The molecule has 1 aromatic rings. The van der Waals surface area contributed by atoms with Crippen molar-refractivity contribution in [3.63, 3.8) is 0 Å². The topological polar surface area (TPSA) is 29.1 Å². The molecule has 1 amide bonds. The molecule has 106 valence electrons. The van der Waals surface area contributed by atoms with Crippen LogP contribution in [0.25, 0.3) is 0 Å². The number of nitrogens with one attached hydrogen (secondary N) is 1. The number of rotatable bonds is 7. The van der Waals surface area contributed by atoms with Crippen LogP contribution in [0.2, 0.25) is 0 Å². The van der Waals surface area contributed by atoms with E-state index < -0.39 is 0 Å². The van der Waals surface area contributed by atoms with Crippen LogP contribution < -0.4 is 5.32 Å². The van der Waals surface area contributed by atoms with Crippen LogP contribution in [0.3, 0.4) is 0 Å². The molecule has 1 rings (SSSR count). The number of amides is 1. The fourth-order valence-corrected chi connectivity index (χ4v) is 2.50. The Kier molecular flexibility index (Phi) is 7.14. The van der Waals surface area contributed by atoms with Crippen LogP contribution in [-0.2, 0) is 4.79 Å². The molecule has 0 unspecified atom stereocenters. The standard InChI is InChI=1S/C16H24BrNO/c1-12(2)14-9-7-8-13(3)16(14)18-15(19)10-5-4-6-11-17/h7-9,12H,4-6,10-11H2,1-3H3,(H,18,19). The first-order chi connectivity index (χ1) is 9.06. The van der Waals surface area contributed by atoms with E-state index in [4.69, 9.17) is 0 Å². The quantitative estimate of drug-likeness (QED) is 0.554. The van der Waals surface area contributed by atoms with Crippen LogP contribution in [0.4, 0.5) is 5.69 Å². The van der Waals surface area contributed by atoms with E-state index in [2.05, 4.69) is 47.2 Å². The van der Waals surface area contributed by atoms with Crippen LogP contribution in [0.1, 0.15) is 56.6 Å². The average Bonchev–Trinajstić information content (AvgIpc) is 2.37. The monoisotopic (exact) mass is 325 g/mol. The average molecular weight is 326 g/mol. The number of aryl methyl sites for hydroxylation is 1. The highest BCUT2D eigenvalue weighted by Crippen LogP contribution is 2.27. The molecule has 1 aromatic carbocycles. The van der Waals surface area contributed by atoms with Crippen molar-refractivity contribution in [2.45, 2.75) is 52.4 Å². The van der Waals surface area contributed by atoms with E-state index in [-0.39, 0.29) is 5.91 Å². The number of anilines is 1. The Morgan fingerprint density at radius 1 is 1.26 bits per heavy atom. The Bertz CT molecular complexity index is 415. The third-order valence-electron chi connectivity index (χ3n) is 3.23. The summed E-state index contributed by atoms with van der Waals surface area (Å²) in [5, 5.41) is 4.10. The number of halogens is 1. The maximum absolute atomic E-state index is 12.0. The van der Waals surface area contributed by atoms with Gasteiger partial charge in [0, 0.05) is 17.4 Å². The number of unbranched alkanes of at least 4 members (excludes halogenated alkanes) is 2. The zero-order valence-electron chi connectivity index (χ0n) is 12.1. The zero-order chi connectivity index (χ0) is 14.3. The van der Waals surface area contributed by atoms with E-state index in [0.29, 0.717) is 12.3 Å². The normalized spacial score (nSPS) is 10.8. The maximum atomic E-state index is 12.0. The Hall–Kier alpha value is -0.830. The van der Waals surface area contributed by atoms with Crippen molar-refractivity contribution in [2.24, 2.45) is 0 Å². The van der Waals surface area contributed by atoms with Crippen molar-refractivity contribution in [2.75, 3.05) is 10.6 Å². The van der Waals surface area contributed by atoms with Crippen LogP contribution in [0, 0.1) is 6.92 Å². The molecule has 0 saturated carbocycles. The first-order valence-corrected chi connectivity index (χ1v) is 8.13. The number of para-hydroxylation sites is 1. The lowest BCUT2D eigenvalue weighted by molar-refractivity contribution is -0.116. The van der Waals surface area contributed by atoms with Gasteiger partial charge in [0.25, 0.3) is 0 Å². The fourth-order valence-electron chi connectivity index (χ4n) is 2.10. The van der Waals surface area contributed by atoms with Gasteiger partial charge in [-0.1, -0.05) is 54.4 Å². The second-order valence-corrected chi connectivity index (χ2v) is 6.03. The molecule has 0 atom stereocenters. The molecule has 2 nitrogen and oxygen atoms in total. The van der Waals surface area contributed by atoms with Gasteiger partial charge in [-0.2, -0.15) is 0 Å². The van der Waals surface area contributed by atoms with Gasteiger partial charge in [0.05, 0.1) is 0 Å². The largest absolute Gasteiger partial charge is 0.326 e. The van der Waals surface area contributed by atoms with E-state index in [1.165, 1.54) is 5.56 Å². The Morgan fingerprint density at radius 3 is 2.63 bits per heavy atom. The summed E-state index contributed by atoms with van der Waals surface area (Å²) in [6.45, 7) is 6.35. The Labute approximate surface area is 125 Å². The molecule has 19 heavy (non-hydrogen) atoms. The summed E-state index contributed by atoms with van der Waals surface area (Å²) in [5.41, 5.74) is 3.36. The molecule has 0 spiro atoms. The molecule has 0 radical (unpaired) electrons. The lowest BCUT2D eigenvalue weighted by Crippen LogP contribution is -2.14. The summed E-state index contributed by atoms with van der Waals surface area (Å²) >= 11 is 3.40. The molecule has 0 aliphatic rings. The highest BCUT2D eigenvalue weighted by atomic mass is 79.9. The van der Waals surface area contributed by atoms with Gasteiger partial charge >= 0.3 is 0 Å². The van der Waals surface area contributed by atoms with Gasteiger partial charge in [0.1, 0.15) is 0 Å². The van der Waals surface area contributed by atoms with Crippen molar-refractivity contribution < 1.29 is 4.79 Å². The van der Waals surface area contributed by atoms with Gasteiger partial charge in [0.2, 0.25) is 5.91 Å². The van der Waals surface area contributed by atoms with Gasteiger partial charge in [-0.3, -0.25) is 4.79 Å². The summed E-state index contributed by atoms with van der Waals surface area (Å²) in [6.07, 6.45) is 3.80. The second-order valence-electron chi connectivity index (χ2n) is 5.24. The fraction of sp³-hybridized carbons (Fsp3) is 0.562. The van der Waals surface area contributed by atoms with Gasteiger partial charge in [-0.15, -0.1) is 0 Å². The molecule has 0 saturated heterocycles. The molecule has 3 heteroatoms. The van der Waals surface area contributed by atoms with Gasteiger partial charge in [-0.25, -0.2) is 0 Å². The van der Waals surface area contributed by atoms with E-state index in [9.17, 15) is 4.79 Å². The Balaban J connectivity index is 2.63. The predicted molar refractivity (Wildman–Crippen MR) is 86.2 cm³/mol. The molecule has 1 N–H and O–H groups in total. The lowest BCUT2D eigenvalue weighted by atomic mass is 9.98. The van der Waals surface area contributed by atoms with E-state index >= 15 is 0 Å². The molecule has 0 bridgehead atoms. The van der Waals surface area contributed by atoms with E-state index in [1.807, 2.05) is 13.0 Å². The van der Waals surface area contributed by atoms with Crippen LogP contribution in [0.5, 0.6) is 0 Å². The number of hydrogen-bond donors (Lipinski definition) is 1. The lowest BCUT2D eigenvalue weighted by Gasteiger charge is -2.16. The van der Waals surface area contributed by atoms with Gasteiger partial charge in [0.15, 0.2) is 0 Å². The highest BCUT2D eigenvalue weighted by Gasteiger charge is 2.11. The highest BCUT2D eigenvalue weighted by molar-refractivity contribution is 9.09. The minimum Gasteiger partial charge on any atom is -0.326 e. The minimum atomic E-state index is 0.130. The number of carbonyl (C=O) groups excluding carboxylic acids is 1. The van der Waals surface area contributed by atoms with Crippen molar-refractivity contribution in [3.05, 3.63) is 29.3 Å². The van der Waals surface area contributed by atoms with Crippen molar-refractivity contribution in [1.82, 2.24) is 0 Å². The molecule has 0 aliphatic carbocycles. The molecule has 0 aliphatic heterocycles. The van der Waals surface area contributed by atoms with Crippen LogP contribution >= 0.6 is 15.9 Å². The van der Waals surface area contributed by atoms with Crippen LogP contribution in [-0.4, -0.2) is 11.2 Å². The van der Waals surface area contributed by atoms with Gasteiger partial charge < -0.3 is 5.32 Å². The first-order valence-electron chi connectivity index (χ1n) is 7.01. The zero-order valence-corrected chi connectivity index (χ0v) is 13.7. The maximum Gasteiger partial charge on any atom is 0.224 e. The van der Waals surface area contributed by atoms with E-state index in [1.54, 1.807) is 0 Å². The van der Waals surface area contributed by atoms with Crippen LogP contribution in [0.15, 0.2) is 18.2 Å². The smallest absolute Gasteiger partial charge is 0.224 e. The molecule has 0 aromatic heterocycles. The molecular weight excluding hydrogens is 302 g/mol. The van der Waals surface area contributed by atoms with Gasteiger partial charge in [-0.05, 0) is 36.8 Å². The summed E-state index contributed by atoms with van der Waals surface area (Å²) < 4.78 is 0. The Morgan fingerprint density at radius 2 is 2.00 bits per heavy atom. The molecule has 0 heterocycles. The van der Waals surface area contributed by atoms with Crippen molar-refractivity contribution in [3.8, 4) is 0 Å². The number of benzene rings is 1. The van der Waals surface area contributed by atoms with E-state index in [0.717, 1.165) is 35.8 Å². The first kappa shape index (κ1) is 16.2. The molecule has 0 fully saturated rings. The second kappa shape index (κ2) is 8.36. The number of alkyl halides is 1. The summed E-state index contributed by atoms with van der Waals surface area (Å²) in [4.78, 5) is 12.0. The van der Waals surface area contributed by atoms with Crippen molar-refractivity contribution >= 4 is 27.5 Å². The third-order valence-corrected chi connectivity index (χ3v) is 3.79. The summed E-state index contributed by atoms with van der Waals surface area (Å²) in [6, 6.07) is 6.20.